The fraction of sp³-hybridized carbons (Fsp3) is 0.526. The topological polar surface area (TPSA) is 32.8 Å². The Labute approximate surface area is 138 Å². The summed E-state index contributed by atoms with van der Waals surface area (Å²) in [6.07, 6.45) is 6.87. The molecule has 2 bridgehead atoms. The van der Waals surface area contributed by atoms with E-state index in [1.807, 2.05) is 17.0 Å². The summed E-state index contributed by atoms with van der Waals surface area (Å²) in [5, 5.41) is 0. The Kier molecular flexibility index (Phi) is 5.01. The number of carbonyl (C=O) groups excluding carboxylic acids is 1. The van der Waals surface area contributed by atoms with E-state index in [1.54, 1.807) is 14.0 Å². The predicted molar refractivity (Wildman–Crippen MR) is 92.4 cm³/mol. The number of rotatable bonds is 4. The van der Waals surface area contributed by atoms with Gasteiger partial charge in [-0.05, 0) is 36.5 Å². The van der Waals surface area contributed by atoms with Gasteiger partial charge in [-0.25, -0.2) is 0 Å². The van der Waals surface area contributed by atoms with Crippen LogP contribution in [0.2, 0.25) is 0 Å². The van der Waals surface area contributed by atoms with Crippen LogP contribution in [0.25, 0.3) is 6.08 Å². The van der Waals surface area contributed by atoms with Crippen LogP contribution in [0.15, 0.2) is 30.3 Å². The lowest BCUT2D eigenvalue weighted by Crippen LogP contribution is -2.44. The molecule has 1 aromatic carbocycles. The molecule has 124 valence electrons. The molecule has 1 aromatic rings. The van der Waals surface area contributed by atoms with Crippen LogP contribution in [0.3, 0.4) is 0 Å². The summed E-state index contributed by atoms with van der Waals surface area (Å²) < 4.78 is 5.18. The van der Waals surface area contributed by atoms with Gasteiger partial charge in [0.2, 0.25) is 5.91 Å². The lowest BCUT2D eigenvalue weighted by Gasteiger charge is -2.35. The van der Waals surface area contributed by atoms with Gasteiger partial charge in [0.25, 0.3) is 0 Å². The summed E-state index contributed by atoms with van der Waals surface area (Å²) in [7, 11) is 1.68. The van der Waals surface area contributed by atoms with Gasteiger partial charge in [-0.2, -0.15) is 0 Å². The third-order valence-corrected chi connectivity index (χ3v) is 5.04. The minimum absolute atomic E-state index is 0.220. The second-order valence-corrected chi connectivity index (χ2v) is 6.65. The SMILES string of the molecule is COc1ccc(/C=C/CN2C[C@H]3CC[C@@H]2CN(C(C)=O)C3)cc1. The van der Waals surface area contributed by atoms with Crippen LogP contribution in [0.4, 0.5) is 0 Å². The Balaban J connectivity index is 1.59. The molecule has 0 radical (unpaired) electrons. The number of benzene rings is 1. The van der Waals surface area contributed by atoms with Crippen molar-refractivity contribution in [1.29, 1.82) is 0 Å². The molecule has 0 saturated carbocycles. The van der Waals surface area contributed by atoms with E-state index in [1.165, 1.54) is 18.4 Å². The van der Waals surface area contributed by atoms with Crippen LogP contribution in [-0.2, 0) is 4.79 Å². The molecule has 2 atom stereocenters. The first kappa shape index (κ1) is 16.1. The number of hydrogen-bond donors (Lipinski definition) is 0. The highest BCUT2D eigenvalue weighted by molar-refractivity contribution is 5.73. The van der Waals surface area contributed by atoms with Gasteiger partial charge in [0.1, 0.15) is 5.75 Å². The van der Waals surface area contributed by atoms with Gasteiger partial charge in [-0.15, -0.1) is 0 Å². The molecule has 3 aliphatic heterocycles. The Morgan fingerprint density at radius 2 is 2.00 bits per heavy atom. The maximum absolute atomic E-state index is 11.7. The minimum Gasteiger partial charge on any atom is -0.497 e. The molecule has 23 heavy (non-hydrogen) atoms. The normalized spacial score (nSPS) is 24.9. The van der Waals surface area contributed by atoms with Crippen molar-refractivity contribution in [1.82, 2.24) is 9.80 Å². The van der Waals surface area contributed by atoms with E-state index in [9.17, 15) is 4.79 Å². The highest BCUT2D eigenvalue weighted by atomic mass is 16.5. The molecule has 3 aliphatic rings. The second-order valence-electron chi connectivity index (χ2n) is 6.65. The number of fused-ring (bicyclic) bond motifs is 4. The number of nitrogens with zero attached hydrogens (tertiary/aromatic N) is 2. The van der Waals surface area contributed by atoms with E-state index in [-0.39, 0.29) is 5.91 Å². The van der Waals surface area contributed by atoms with Crippen LogP contribution >= 0.6 is 0 Å². The standard InChI is InChI=1S/C19H26N2O2/c1-15(22)21-13-17-5-8-18(14-21)20(12-17)11-3-4-16-6-9-19(23-2)10-7-16/h3-4,6-7,9-10,17-18H,5,8,11-14H2,1-2H3/b4-3+/t17-,18-/m1/s1. The van der Waals surface area contributed by atoms with Gasteiger partial charge < -0.3 is 9.64 Å². The van der Waals surface area contributed by atoms with E-state index in [0.29, 0.717) is 12.0 Å². The van der Waals surface area contributed by atoms with Gasteiger partial charge in [0, 0.05) is 39.1 Å². The zero-order valence-corrected chi connectivity index (χ0v) is 14.1. The minimum atomic E-state index is 0.220. The first-order valence-electron chi connectivity index (χ1n) is 8.46. The zero-order chi connectivity index (χ0) is 16.2. The molecule has 0 aromatic heterocycles. The molecule has 0 unspecified atom stereocenters. The largest absolute Gasteiger partial charge is 0.497 e. The molecule has 3 fully saturated rings. The van der Waals surface area contributed by atoms with E-state index < -0.39 is 0 Å². The number of carbonyl (C=O) groups is 1. The van der Waals surface area contributed by atoms with E-state index in [0.717, 1.165) is 31.9 Å². The van der Waals surface area contributed by atoms with Crippen LogP contribution < -0.4 is 4.74 Å². The fourth-order valence-corrected chi connectivity index (χ4v) is 3.70. The van der Waals surface area contributed by atoms with E-state index in [4.69, 9.17) is 4.74 Å². The molecular formula is C19H26N2O2. The lowest BCUT2D eigenvalue weighted by atomic mass is 9.95. The van der Waals surface area contributed by atoms with Crippen molar-refractivity contribution in [2.45, 2.75) is 25.8 Å². The maximum Gasteiger partial charge on any atom is 0.219 e. The molecule has 4 heteroatoms. The summed E-state index contributed by atoms with van der Waals surface area (Å²) in [5.41, 5.74) is 1.19. The molecule has 0 aliphatic carbocycles. The van der Waals surface area contributed by atoms with Gasteiger partial charge in [0.15, 0.2) is 0 Å². The Bertz CT molecular complexity index is 567. The second kappa shape index (κ2) is 7.18. The first-order chi connectivity index (χ1) is 11.2. The molecule has 4 nitrogen and oxygen atoms in total. The van der Waals surface area contributed by atoms with Crippen molar-refractivity contribution < 1.29 is 9.53 Å². The Hall–Kier alpha value is -1.81. The van der Waals surface area contributed by atoms with Gasteiger partial charge in [0.05, 0.1) is 7.11 Å². The average Bonchev–Trinajstić information content (AvgIpc) is 2.87. The van der Waals surface area contributed by atoms with Crippen molar-refractivity contribution in [3.05, 3.63) is 35.9 Å². The van der Waals surface area contributed by atoms with Gasteiger partial charge >= 0.3 is 0 Å². The van der Waals surface area contributed by atoms with Crippen molar-refractivity contribution in [3.8, 4) is 5.75 Å². The van der Waals surface area contributed by atoms with Crippen LogP contribution in [0.1, 0.15) is 25.3 Å². The van der Waals surface area contributed by atoms with Crippen molar-refractivity contribution in [2.24, 2.45) is 5.92 Å². The summed E-state index contributed by atoms with van der Waals surface area (Å²) in [6.45, 7) is 5.59. The highest BCUT2D eigenvalue weighted by Crippen LogP contribution is 2.28. The van der Waals surface area contributed by atoms with E-state index >= 15 is 0 Å². The van der Waals surface area contributed by atoms with Crippen molar-refractivity contribution >= 4 is 12.0 Å². The van der Waals surface area contributed by atoms with Gasteiger partial charge in [-0.3, -0.25) is 9.69 Å². The summed E-state index contributed by atoms with van der Waals surface area (Å²) in [4.78, 5) is 16.3. The maximum atomic E-state index is 11.7. The van der Waals surface area contributed by atoms with Crippen LogP contribution in [-0.4, -0.2) is 55.0 Å². The summed E-state index contributed by atoms with van der Waals surface area (Å²) >= 11 is 0. The average molecular weight is 314 g/mol. The number of ether oxygens (including phenoxy) is 1. The predicted octanol–water partition coefficient (Wildman–Crippen LogP) is 2.65. The highest BCUT2D eigenvalue weighted by Gasteiger charge is 2.34. The quantitative estimate of drug-likeness (QED) is 0.856. The lowest BCUT2D eigenvalue weighted by molar-refractivity contribution is -0.129. The molecule has 4 rings (SSSR count). The Morgan fingerprint density at radius 1 is 1.22 bits per heavy atom. The molecule has 0 spiro atoms. The monoisotopic (exact) mass is 314 g/mol. The molecule has 3 heterocycles. The molecule has 3 saturated heterocycles. The van der Waals surface area contributed by atoms with Crippen LogP contribution in [0.5, 0.6) is 5.75 Å². The number of methoxy groups -OCH3 is 1. The van der Waals surface area contributed by atoms with Crippen LogP contribution in [0, 0.1) is 5.92 Å². The third kappa shape index (κ3) is 3.94. The summed E-state index contributed by atoms with van der Waals surface area (Å²) in [5.74, 6) is 1.74. The number of piperidine rings is 1. The van der Waals surface area contributed by atoms with Crippen molar-refractivity contribution in [3.63, 3.8) is 0 Å². The summed E-state index contributed by atoms with van der Waals surface area (Å²) in [6, 6.07) is 8.62. The smallest absolute Gasteiger partial charge is 0.219 e. The third-order valence-electron chi connectivity index (χ3n) is 5.04. The van der Waals surface area contributed by atoms with E-state index in [2.05, 4.69) is 29.2 Å². The number of amides is 1. The molecular weight excluding hydrogens is 288 g/mol. The Morgan fingerprint density at radius 3 is 2.70 bits per heavy atom. The molecule has 1 amide bonds. The molecule has 0 N–H and O–H groups in total. The van der Waals surface area contributed by atoms with Gasteiger partial charge in [-0.1, -0.05) is 24.3 Å². The fourth-order valence-electron chi connectivity index (χ4n) is 3.70. The van der Waals surface area contributed by atoms with Crippen molar-refractivity contribution in [2.75, 3.05) is 33.3 Å². The first-order valence-corrected chi connectivity index (χ1v) is 8.46. The number of hydrogen-bond acceptors (Lipinski definition) is 3. The zero-order valence-electron chi connectivity index (χ0n) is 14.1.